The van der Waals surface area contributed by atoms with Crippen LogP contribution in [0.15, 0.2) is 24.3 Å². The van der Waals surface area contributed by atoms with Gasteiger partial charge < -0.3 is 26.2 Å². The first-order valence-corrected chi connectivity index (χ1v) is 3.90. The van der Waals surface area contributed by atoms with Gasteiger partial charge in [0.1, 0.15) is 0 Å². The van der Waals surface area contributed by atoms with E-state index in [4.69, 9.17) is 20.4 Å². The third kappa shape index (κ3) is 5.99. The molecule has 0 aliphatic carbocycles. The van der Waals surface area contributed by atoms with Gasteiger partial charge in [-0.05, 0) is 12.1 Å². The Bertz CT molecular complexity index is 331. The molecule has 0 radical (unpaired) electrons. The zero-order valence-corrected chi connectivity index (χ0v) is 7.75. The first-order chi connectivity index (χ1) is 6.97. The number of nitrogens with zero attached hydrogens (tertiary/aromatic N) is 1. The highest BCUT2D eigenvalue weighted by Gasteiger charge is 2.00. The second kappa shape index (κ2) is 6.33. The summed E-state index contributed by atoms with van der Waals surface area (Å²) < 4.78 is 0. The minimum Gasteiger partial charge on any atom is -0.478 e. The van der Waals surface area contributed by atoms with Gasteiger partial charge in [-0.25, -0.2) is 4.79 Å². The predicted molar refractivity (Wildman–Crippen MR) is 50.4 cm³/mol. The van der Waals surface area contributed by atoms with Crippen LogP contribution in [0.3, 0.4) is 0 Å². The van der Waals surface area contributed by atoms with Crippen LogP contribution in [0.2, 0.25) is 0 Å². The van der Waals surface area contributed by atoms with Crippen molar-refractivity contribution in [1.82, 2.24) is 0 Å². The number of carboxylic acids is 1. The number of benzene rings is 1. The SMILES string of the molecule is O=[N+]([O-])[O-].[NH3+]Cc1ccc(C(=O)O)cc1. The smallest absolute Gasteiger partial charge is 0.335 e. The maximum atomic E-state index is 10.4. The molecule has 0 aromatic heterocycles. The maximum absolute atomic E-state index is 10.4. The quantitative estimate of drug-likeness (QED) is 0.523. The first-order valence-electron chi connectivity index (χ1n) is 3.90. The summed E-state index contributed by atoms with van der Waals surface area (Å²) in [6.45, 7) is 0.694. The molecule has 0 unspecified atom stereocenters. The Morgan fingerprint density at radius 3 is 2.00 bits per heavy atom. The molecule has 0 heterocycles. The summed E-state index contributed by atoms with van der Waals surface area (Å²) in [7, 11) is 0. The van der Waals surface area contributed by atoms with Crippen LogP contribution >= 0.6 is 0 Å². The molecule has 1 aromatic carbocycles. The maximum Gasteiger partial charge on any atom is 0.335 e. The van der Waals surface area contributed by atoms with Crippen molar-refractivity contribution in [3.05, 3.63) is 50.7 Å². The highest BCUT2D eigenvalue weighted by Crippen LogP contribution is 2.02. The summed E-state index contributed by atoms with van der Waals surface area (Å²) in [6.07, 6.45) is 0. The Kier molecular flexibility index (Phi) is 5.42. The molecule has 0 spiro atoms. The van der Waals surface area contributed by atoms with Crippen molar-refractivity contribution in [2.45, 2.75) is 6.54 Å². The van der Waals surface area contributed by atoms with Crippen LogP contribution in [-0.2, 0) is 6.54 Å². The number of carbonyl (C=O) groups is 1. The fourth-order valence-electron chi connectivity index (χ4n) is 0.814. The molecule has 0 bridgehead atoms. The van der Waals surface area contributed by atoms with Gasteiger partial charge in [-0.3, -0.25) is 0 Å². The molecule has 15 heavy (non-hydrogen) atoms. The Morgan fingerprint density at radius 2 is 1.73 bits per heavy atom. The van der Waals surface area contributed by atoms with E-state index in [2.05, 4.69) is 5.73 Å². The van der Waals surface area contributed by atoms with E-state index in [1.165, 1.54) is 0 Å². The van der Waals surface area contributed by atoms with Gasteiger partial charge in [0, 0.05) is 5.56 Å². The lowest BCUT2D eigenvalue weighted by Gasteiger charge is -1.94. The van der Waals surface area contributed by atoms with Crippen molar-refractivity contribution >= 4 is 5.97 Å². The van der Waals surface area contributed by atoms with Gasteiger partial charge in [0.05, 0.1) is 17.2 Å². The van der Waals surface area contributed by atoms with Crippen molar-refractivity contribution in [1.29, 1.82) is 0 Å². The van der Waals surface area contributed by atoms with Crippen molar-refractivity contribution in [2.75, 3.05) is 0 Å². The Morgan fingerprint density at radius 1 is 1.33 bits per heavy atom. The number of rotatable bonds is 2. The van der Waals surface area contributed by atoms with E-state index in [-0.39, 0.29) is 0 Å². The largest absolute Gasteiger partial charge is 0.478 e. The summed E-state index contributed by atoms with van der Waals surface area (Å²) >= 11 is 0. The topological polar surface area (TPSA) is 131 Å². The van der Waals surface area contributed by atoms with Gasteiger partial charge in [0.2, 0.25) is 0 Å². The number of aromatic carboxylic acids is 1. The van der Waals surface area contributed by atoms with Crippen molar-refractivity contribution in [2.24, 2.45) is 0 Å². The minimum atomic E-state index is -1.75. The molecule has 4 N–H and O–H groups in total. The molecule has 1 rings (SSSR count). The van der Waals surface area contributed by atoms with E-state index in [1.54, 1.807) is 24.3 Å². The molecule has 1 aromatic rings. The molecule has 0 atom stereocenters. The number of hydrogen-bond donors (Lipinski definition) is 2. The van der Waals surface area contributed by atoms with E-state index >= 15 is 0 Å². The molecular formula is C8H10N2O5. The van der Waals surface area contributed by atoms with Gasteiger partial charge in [-0.15, -0.1) is 0 Å². The number of carboxylic acid groups (broad SMARTS) is 1. The van der Waals surface area contributed by atoms with E-state index in [1.807, 2.05) is 0 Å². The van der Waals surface area contributed by atoms with E-state index in [0.717, 1.165) is 5.56 Å². The van der Waals surface area contributed by atoms with Crippen molar-refractivity contribution in [3.8, 4) is 0 Å². The molecule has 82 valence electrons. The Balaban J connectivity index is 0.000000423. The van der Waals surface area contributed by atoms with Crippen molar-refractivity contribution in [3.63, 3.8) is 0 Å². The fraction of sp³-hybridized carbons (Fsp3) is 0.125. The lowest BCUT2D eigenvalue weighted by atomic mass is 10.1. The standard InChI is InChI=1S/C8H9NO2.NO3/c9-5-6-1-3-7(4-2-6)8(10)11;2-1(3)4/h1-4H,5,9H2,(H,10,11);/q;-1/p+1. The molecule has 7 heteroatoms. The lowest BCUT2D eigenvalue weighted by molar-refractivity contribution is -0.402. The molecule has 0 saturated heterocycles. The highest BCUT2D eigenvalue weighted by molar-refractivity contribution is 5.87. The van der Waals surface area contributed by atoms with Gasteiger partial charge in [0.15, 0.2) is 0 Å². The van der Waals surface area contributed by atoms with Crippen LogP contribution in [0, 0.1) is 15.3 Å². The normalized spacial score (nSPS) is 8.60. The molecular weight excluding hydrogens is 204 g/mol. The molecule has 0 fully saturated rings. The van der Waals surface area contributed by atoms with Crippen LogP contribution in [-0.4, -0.2) is 16.2 Å². The molecule has 0 saturated carbocycles. The summed E-state index contributed by atoms with van der Waals surface area (Å²) in [6, 6.07) is 6.72. The van der Waals surface area contributed by atoms with E-state index in [0.29, 0.717) is 12.1 Å². The Labute approximate surface area is 84.9 Å². The minimum absolute atomic E-state index is 0.321. The predicted octanol–water partition coefficient (Wildman–Crippen LogP) is -0.112. The lowest BCUT2D eigenvalue weighted by Crippen LogP contribution is -2.47. The summed E-state index contributed by atoms with van der Waals surface area (Å²) in [5.74, 6) is -0.888. The Hall–Kier alpha value is -2.15. The van der Waals surface area contributed by atoms with Gasteiger partial charge in [-0.2, -0.15) is 0 Å². The van der Waals surface area contributed by atoms with E-state index < -0.39 is 11.1 Å². The highest BCUT2D eigenvalue weighted by atomic mass is 16.9. The van der Waals surface area contributed by atoms with Gasteiger partial charge in [-0.1, -0.05) is 12.1 Å². The summed E-state index contributed by atoms with van der Waals surface area (Å²) in [4.78, 5) is 18.6. The second-order valence-electron chi connectivity index (χ2n) is 2.48. The third-order valence-electron chi connectivity index (χ3n) is 1.49. The monoisotopic (exact) mass is 214 g/mol. The third-order valence-corrected chi connectivity index (χ3v) is 1.49. The van der Waals surface area contributed by atoms with Crippen LogP contribution in [0.25, 0.3) is 0 Å². The second-order valence-corrected chi connectivity index (χ2v) is 2.48. The summed E-state index contributed by atoms with van der Waals surface area (Å²) in [5, 5.41) is 23.3. The fourth-order valence-corrected chi connectivity index (χ4v) is 0.814. The van der Waals surface area contributed by atoms with Crippen LogP contribution in [0.1, 0.15) is 15.9 Å². The van der Waals surface area contributed by atoms with Crippen LogP contribution in [0.4, 0.5) is 0 Å². The molecule has 0 amide bonds. The molecule has 0 aliphatic heterocycles. The number of quaternary nitrogens is 1. The van der Waals surface area contributed by atoms with Gasteiger partial charge >= 0.3 is 5.97 Å². The number of hydrogen-bond acceptors (Lipinski definition) is 4. The van der Waals surface area contributed by atoms with Crippen molar-refractivity contribution < 1.29 is 20.7 Å². The van der Waals surface area contributed by atoms with Crippen LogP contribution < -0.4 is 5.73 Å². The average Bonchev–Trinajstić information content (AvgIpc) is 2.17. The summed E-state index contributed by atoms with van der Waals surface area (Å²) in [5.41, 5.74) is 5.06. The zero-order chi connectivity index (χ0) is 11.8. The zero-order valence-electron chi connectivity index (χ0n) is 7.75. The van der Waals surface area contributed by atoms with Gasteiger partial charge in [0.25, 0.3) is 0 Å². The molecule has 0 aliphatic rings. The average molecular weight is 214 g/mol. The first kappa shape index (κ1) is 12.8. The van der Waals surface area contributed by atoms with Crippen LogP contribution in [0.5, 0.6) is 0 Å². The molecule has 7 nitrogen and oxygen atoms in total. The van der Waals surface area contributed by atoms with E-state index in [9.17, 15) is 4.79 Å².